The van der Waals surface area contributed by atoms with Crippen molar-refractivity contribution in [2.75, 3.05) is 0 Å². The van der Waals surface area contributed by atoms with E-state index in [2.05, 4.69) is 46.5 Å². The Morgan fingerprint density at radius 1 is 1.11 bits per heavy atom. The summed E-state index contributed by atoms with van der Waals surface area (Å²) in [5.74, 6) is 0. The SMILES string of the molecule is CC(C)Sc1ccc(B2OC(C)(C)C(C)(C)O2)cn1. The highest BCUT2D eigenvalue weighted by molar-refractivity contribution is 7.99. The average Bonchev–Trinajstić information content (AvgIpc) is 2.48. The summed E-state index contributed by atoms with van der Waals surface area (Å²) in [6.07, 6.45) is 1.85. The number of thioether (sulfide) groups is 1. The minimum Gasteiger partial charge on any atom is -0.399 e. The number of rotatable bonds is 3. The molecule has 0 saturated carbocycles. The summed E-state index contributed by atoms with van der Waals surface area (Å²) in [4.78, 5) is 4.46. The third-order valence-electron chi connectivity index (χ3n) is 3.64. The predicted molar refractivity (Wildman–Crippen MR) is 80.9 cm³/mol. The second-order valence-electron chi connectivity index (χ2n) is 6.18. The van der Waals surface area contributed by atoms with Crippen LogP contribution in [0.3, 0.4) is 0 Å². The van der Waals surface area contributed by atoms with Gasteiger partial charge in [0.15, 0.2) is 0 Å². The lowest BCUT2D eigenvalue weighted by molar-refractivity contribution is 0.00578. The molecule has 2 heterocycles. The van der Waals surface area contributed by atoms with E-state index in [-0.39, 0.29) is 18.3 Å². The highest BCUT2D eigenvalue weighted by atomic mass is 32.2. The topological polar surface area (TPSA) is 31.4 Å². The van der Waals surface area contributed by atoms with Gasteiger partial charge in [0.05, 0.1) is 16.2 Å². The van der Waals surface area contributed by atoms with Gasteiger partial charge in [-0.05, 0) is 33.8 Å². The predicted octanol–water partition coefficient (Wildman–Crippen LogP) is 2.88. The minimum absolute atomic E-state index is 0.303. The van der Waals surface area contributed by atoms with E-state index in [1.165, 1.54) is 0 Å². The second kappa shape index (κ2) is 5.11. The molecule has 0 unspecified atom stereocenters. The lowest BCUT2D eigenvalue weighted by atomic mass is 9.80. The Bertz CT molecular complexity index is 429. The Kier molecular flexibility index (Phi) is 4.01. The summed E-state index contributed by atoms with van der Waals surface area (Å²) in [6.45, 7) is 12.6. The monoisotopic (exact) mass is 279 g/mol. The van der Waals surface area contributed by atoms with Crippen LogP contribution in [-0.2, 0) is 9.31 Å². The Balaban J connectivity index is 2.12. The van der Waals surface area contributed by atoms with E-state index < -0.39 is 0 Å². The van der Waals surface area contributed by atoms with Crippen molar-refractivity contribution in [1.29, 1.82) is 0 Å². The normalized spacial score (nSPS) is 21.1. The summed E-state index contributed by atoms with van der Waals surface area (Å²) in [5.41, 5.74) is 0.373. The zero-order chi connectivity index (χ0) is 14.3. The van der Waals surface area contributed by atoms with Crippen molar-refractivity contribution in [1.82, 2.24) is 4.98 Å². The molecule has 19 heavy (non-hydrogen) atoms. The zero-order valence-corrected chi connectivity index (χ0v) is 13.4. The molecule has 0 aromatic carbocycles. The van der Waals surface area contributed by atoms with E-state index >= 15 is 0 Å². The fourth-order valence-corrected chi connectivity index (χ4v) is 2.56. The first-order valence-electron chi connectivity index (χ1n) is 6.69. The van der Waals surface area contributed by atoms with Crippen LogP contribution in [0.25, 0.3) is 0 Å². The standard InChI is InChI=1S/C14H22BNO2S/c1-10(2)19-12-8-7-11(9-16-12)15-17-13(3,4)14(5,6)18-15/h7-10H,1-6H3. The third-order valence-corrected chi connectivity index (χ3v) is 4.60. The fraction of sp³-hybridized carbons (Fsp3) is 0.643. The summed E-state index contributed by atoms with van der Waals surface area (Å²) in [5, 5.41) is 1.57. The van der Waals surface area contributed by atoms with E-state index in [0.717, 1.165) is 10.5 Å². The highest BCUT2D eigenvalue weighted by Crippen LogP contribution is 2.36. The van der Waals surface area contributed by atoms with Crippen molar-refractivity contribution in [2.24, 2.45) is 0 Å². The van der Waals surface area contributed by atoms with E-state index in [0.29, 0.717) is 5.25 Å². The van der Waals surface area contributed by atoms with Crippen molar-refractivity contribution in [3.05, 3.63) is 18.3 Å². The average molecular weight is 279 g/mol. The number of hydrogen-bond acceptors (Lipinski definition) is 4. The quantitative estimate of drug-likeness (QED) is 0.629. The smallest absolute Gasteiger partial charge is 0.399 e. The molecule has 0 radical (unpaired) electrons. The van der Waals surface area contributed by atoms with Crippen molar-refractivity contribution < 1.29 is 9.31 Å². The van der Waals surface area contributed by atoms with Gasteiger partial charge in [0.2, 0.25) is 0 Å². The van der Waals surface area contributed by atoms with Crippen LogP contribution in [0.15, 0.2) is 23.4 Å². The number of hydrogen-bond donors (Lipinski definition) is 0. The third kappa shape index (κ3) is 3.15. The number of aromatic nitrogens is 1. The molecule has 1 aliphatic heterocycles. The van der Waals surface area contributed by atoms with Gasteiger partial charge in [-0.15, -0.1) is 11.8 Å². The van der Waals surface area contributed by atoms with Crippen LogP contribution in [0.4, 0.5) is 0 Å². The van der Waals surface area contributed by atoms with Crippen molar-refractivity contribution in [3.8, 4) is 0 Å². The molecule has 0 spiro atoms. The summed E-state index contributed by atoms with van der Waals surface area (Å²) in [7, 11) is -0.324. The van der Waals surface area contributed by atoms with Gasteiger partial charge in [-0.1, -0.05) is 19.9 Å². The van der Waals surface area contributed by atoms with E-state index in [9.17, 15) is 0 Å². The molecule has 0 N–H and O–H groups in total. The minimum atomic E-state index is -0.324. The molecule has 1 aromatic rings. The van der Waals surface area contributed by atoms with E-state index in [4.69, 9.17) is 9.31 Å². The van der Waals surface area contributed by atoms with Gasteiger partial charge in [0.25, 0.3) is 0 Å². The Morgan fingerprint density at radius 3 is 2.11 bits per heavy atom. The van der Waals surface area contributed by atoms with Gasteiger partial charge in [0.1, 0.15) is 0 Å². The van der Waals surface area contributed by atoms with Gasteiger partial charge in [0, 0.05) is 16.9 Å². The Labute approximate surface area is 120 Å². The van der Waals surface area contributed by atoms with Crippen LogP contribution in [0, 0.1) is 0 Å². The molecule has 3 nitrogen and oxygen atoms in total. The van der Waals surface area contributed by atoms with E-state index in [1.54, 1.807) is 11.8 Å². The molecule has 5 heteroatoms. The molecule has 1 saturated heterocycles. The Morgan fingerprint density at radius 2 is 1.68 bits per heavy atom. The van der Waals surface area contributed by atoms with Gasteiger partial charge >= 0.3 is 7.12 Å². The largest absolute Gasteiger partial charge is 0.496 e. The number of pyridine rings is 1. The maximum Gasteiger partial charge on any atom is 0.496 e. The molecule has 1 aliphatic rings. The molecule has 2 rings (SSSR count). The molecule has 0 bridgehead atoms. The van der Waals surface area contributed by atoms with Crippen molar-refractivity contribution in [3.63, 3.8) is 0 Å². The maximum absolute atomic E-state index is 6.00. The lowest BCUT2D eigenvalue weighted by Crippen LogP contribution is -2.41. The Hall–Kier alpha value is -0.515. The fourth-order valence-electron chi connectivity index (χ4n) is 1.82. The molecular weight excluding hydrogens is 257 g/mol. The lowest BCUT2D eigenvalue weighted by Gasteiger charge is -2.32. The highest BCUT2D eigenvalue weighted by Gasteiger charge is 2.51. The molecule has 0 amide bonds. The van der Waals surface area contributed by atoms with Crippen LogP contribution in [0.2, 0.25) is 0 Å². The molecule has 1 aromatic heterocycles. The van der Waals surface area contributed by atoms with Crippen molar-refractivity contribution in [2.45, 2.75) is 63.0 Å². The summed E-state index contributed by atoms with van der Waals surface area (Å²) < 4.78 is 12.0. The zero-order valence-electron chi connectivity index (χ0n) is 12.6. The second-order valence-corrected chi connectivity index (χ2v) is 7.78. The van der Waals surface area contributed by atoms with Crippen LogP contribution in [0.1, 0.15) is 41.5 Å². The van der Waals surface area contributed by atoms with E-state index in [1.807, 2.05) is 18.3 Å². The molecular formula is C14H22BNO2S. The first kappa shape index (κ1) is 14.9. The van der Waals surface area contributed by atoms with Gasteiger partial charge in [-0.25, -0.2) is 0 Å². The van der Waals surface area contributed by atoms with Gasteiger partial charge < -0.3 is 9.31 Å². The van der Waals surface area contributed by atoms with Crippen LogP contribution in [0.5, 0.6) is 0 Å². The van der Waals surface area contributed by atoms with Crippen LogP contribution >= 0.6 is 11.8 Å². The van der Waals surface area contributed by atoms with Gasteiger partial charge in [-0.2, -0.15) is 0 Å². The first-order valence-corrected chi connectivity index (χ1v) is 7.57. The van der Waals surface area contributed by atoms with Crippen LogP contribution in [-0.4, -0.2) is 28.6 Å². The molecule has 104 valence electrons. The van der Waals surface area contributed by atoms with Gasteiger partial charge in [-0.3, -0.25) is 4.98 Å². The molecule has 1 fully saturated rings. The van der Waals surface area contributed by atoms with Crippen LogP contribution < -0.4 is 5.46 Å². The molecule has 0 aliphatic carbocycles. The summed E-state index contributed by atoms with van der Waals surface area (Å²) >= 11 is 1.76. The molecule has 0 atom stereocenters. The first-order chi connectivity index (χ1) is 8.71. The van der Waals surface area contributed by atoms with Crippen molar-refractivity contribution >= 4 is 24.3 Å². The number of nitrogens with zero attached hydrogens (tertiary/aromatic N) is 1. The maximum atomic E-state index is 6.00. The summed E-state index contributed by atoms with van der Waals surface area (Å²) in [6, 6.07) is 4.07.